The zero-order valence-electron chi connectivity index (χ0n) is 14.3. The summed E-state index contributed by atoms with van der Waals surface area (Å²) < 4.78 is 0. The molecule has 2 heterocycles. The van der Waals surface area contributed by atoms with Crippen LogP contribution in [-0.4, -0.2) is 45.7 Å². The predicted octanol–water partition coefficient (Wildman–Crippen LogP) is 2.12. The fraction of sp³-hybridized carbons (Fsp3) is 0.263. The molecule has 0 bridgehead atoms. The molecule has 0 saturated carbocycles. The Balaban J connectivity index is 1.79. The second-order valence-corrected chi connectivity index (χ2v) is 6.89. The van der Waals surface area contributed by atoms with E-state index in [1.807, 2.05) is 12.3 Å². The summed E-state index contributed by atoms with van der Waals surface area (Å²) in [5.41, 5.74) is 1.56. The molecule has 7 heteroatoms. The SMILES string of the molecule is CSCCC(C(=O)NCc1cccnc1)N1C(=O)c2ccccc2C1=O. The van der Waals surface area contributed by atoms with Crippen molar-refractivity contribution < 1.29 is 14.4 Å². The molecule has 1 aliphatic rings. The Morgan fingerprint density at radius 3 is 2.42 bits per heavy atom. The Morgan fingerprint density at radius 2 is 1.85 bits per heavy atom. The molecule has 0 fully saturated rings. The molecular formula is C19H19N3O3S. The fourth-order valence-electron chi connectivity index (χ4n) is 2.91. The smallest absolute Gasteiger partial charge is 0.262 e. The number of hydrogen-bond acceptors (Lipinski definition) is 5. The molecule has 1 N–H and O–H groups in total. The maximum atomic E-state index is 12.8. The maximum absolute atomic E-state index is 12.8. The molecule has 134 valence electrons. The van der Waals surface area contributed by atoms with Gasteiger partial charge in [0.05, 0.1) is 11.1 Å². The van der Waals surface area contributed by atoms with Gasteiger partial charge in [-0.2, -0.15) is 11.8 Å². The van der Waals surface area contributed by atoms with Crippen LogP contribution in [0.1, 0.15) is 32.7 Å². The molecular weight excluding hydrogens is 350 g/mol. The van der Waals surface area contributed by atoms with Gasteiger partial charge in [-0.3, -0.25) is 24.3 Å². The van der Waals surface area contributed by atoms with Gasteiger partial charge in [0.15, 0.2) is 0 Å². The second kappa shape index (κ2) is 8.14. The van der Waals surface area contributed by atoms with Crippen LogP contribution in [0.4, 0.5) is 0 Å². The van der Waals surface area contributed by atoms with Gasteiger partial charge in [0.25, 0.3) is 11.8 Å². The third kappa shape index (κ3) is 3.62. The van der Waals surface area contributed by atoms with Crippen molar-refractivity contribution in [2.45, 2.75) is 19.0 Å². The van der Waals surface area contributed by atoms with E-state index in [4.69, 9.17) is 0 Å². The number of imide groups is 1. The summed E-state index contributed by atoms with van der Waals surface area (Å²) in [4.78, 5) is 43.3. The van der Waals surface area contributed by atoms with Crippen LogP contribution < -0.4 is 5.32 Å². The monoisotopic (exact) mass is 369 g/mol. The zero-order chi connectivity index (χ0) is 18.5. The summed E-state index contributed by atoms with van der Waals surface area (Å²) in [6.45, 7) is 0.297. The van der Waals surface area contributed by atoms with Crippen molar-refractivity contribution in [2.24, 2.45) is 0 Å². The summed E-state index contributed by atoms with van der Waals surface area (Å²) in [5, 5.41) is 2.82. The van der Waals surface area contributed by atoms with Crippen molar-refractivity contribution in [3.05, 3.63) is 65.5 Å². The Hall–Kier alpha value is -2.67. The van der Waals surface area contributed by atoms with E-state index in [0.717, 1.165) is 10.5 Å². The van der Waals surface area contributed by atoms with E-state index < -0.39 is 17.9 Å². The van der Waals surface area contributed by atoms with Crippen LogP contribution in [0, 0.1) is 0 Å². The second-order valence-electron chi connectivity index (χ2n) is 5.90. The lowest BCUT2D eigenvalue weighted by molar-refractivity contribution is -0.125. The van der Waals surface area contributed by atoms with Crippen LogP contribution in [0.25, 0.3) is 0 Å². The summed E-state index contributed by atoms with van der Waals surface area (Å²) >= 11 is 1.57. The minimum atomic E-state index is -0.827. The molecule has 1 aliphatic heterocycles. The van der Waals surface area contributed by atoms with Crippen molar-refractivity contribution in [2.75, 3.05) is 12.0 Å². The normalized spacial score (nSPS) is 14.3. The highest BCUT2D eigenvalue weighted by Crippen LogP contribution is 2.26. The number of carbonyl (C=O) groups is 3. The molecule has 0 saturated heterocycles. The zero-order valence-corrected chi connectivity index (χ0v) is 15.2. The fourth-order valence-corrected chi connectivity index (χ4v) is 3.37. The third-order valence-corrected chi connectivity index (χ3v) is 4.87. The van der Waals surface area contributed by atoms with Crippen LogP contribution >= 0.6 is 11.8 Å². The molecule has 3 rings (SSSR count). The van der Waals surface area contributed by atoms with E-state index >= 15 is 0 Å². The highest BCUT2D eigenvalue weighted by molar-refractivity contribution is 7.98. The number of thioether (sulfide) groups is 1. The van der Waals surface area contributed by atoms with Gasteiger partial charge in [0, 0.05) is 18.9 Å². The molecule has 1 aromatic carbocycles. The van der Waals surface area contributed by atoms with Crippen LogP contribution in [0.5, 0.6) is 0 Å². The summed E-state index contributed by atoms with van der Waals surface area (Å²) in [5.74, 6) is -0.489. The Kier molecular flexibility index (Phi) is 5.68. The van der Waals surface area contributed by atoms with Gasteiger partial charge < -0.3 is 5.32 Å². The molecule has 26 heavy (non-hydrogen) atoms. The first-order chi connectivity index (χ1) is 12.6. The molecule has 1 atom stereocenters. The molecule has 2 aromatic rings. The summed E-state index contributed by atoms with van der Waals surface area (Å²) in [6.07, 6.45) is 5.66. The standard InChI is InChI=1S/C19H19N3O3S/c1-26-10-8-16(17(23)21-12-13-5-4-9-20-11-13)22-18(24)14-6-2-3-7-15(14)19(22)25/h2-7,9,11,16H,8,10,12H2,1H3,(H,21,23). The van der Waals surface area contributed by atoms with Crippen molar-refractivity contribution in [3.8, 4) is 0 Å². The van der Waals surface area contributed by atoms with Crippen LogP contribution in [0.15, 0.2) is 48.8 Å². The average molecular weight is 369 g/mol. The Bertz CT molecular complexity index is 791. The first-order valence-electron chi connectivity index (χ1n) is 8.26. The number of benzene rings is 1. The van der Waals surface area contributed by atoms with E-state index in [0.29, 0.717) is 29.8 Å². The quantitative estimate of drug-likeness (QED) is 0.756. The minimum Gasteiger partial charge on any atom is -0.350 e. The lowest BCUT2D eigenvalue weighted by atomic mass is 10.1. The van der Waals surface area contributed by atoms with Gasteiger partial charge >= 0.3 is 0 Å². The average Bonchev–Trinajstić information content (AvgIpc) is 2.93. The predicted molar refractivity (Wildman–Crippen MR) is 99.8 cm³/mol. The van der Waals surface area contributed by atoms with E-state index in [1.54, 1.807) is 54.5 Å². The van der Waals surface area contributed by atoms with E-state index in [9.17, 15) is 14.4 Å². The number of hydrogen-bond donors (Lipinski definition) is 1. The van der Waals surface area contributed by atoms with E-state index in [1.165, 1.54) is 0 Å². The molecule has 0 radical (unpaired) electrons. The first kappa shape index (κ1) is 18.1. The Morgan fingerprint density at radius 1 is 1.15 bits per heavy atom. The van der Waals surface area contributed by atoms with Crippen LogP contribution in [0.2, 0.25) is 0 Å². The molecule has 6 nitrogen and oxygen atoms in total. The number of fused-ring (bicyclic) bond motifs is 1. The van der Waals surface area contributed by atoms with Crippen LogP contribution in [0.3, 0.4) is 0 Å². The van der Waals surface area contributed by atoms with Crippen molar-refractivity contribution in [1.82, 2.24) is 15.2 Å². The highest BCUT2D eigenvalue weighted by atomic mass is 32.2. The van der Waals surface area contributed by atoms with Crippen molar-refractivity contribution in [1.29, 1.82) is 0 Å². The number of rotatable bonds is 7. The third-order valence-electron chi connectivity index (χ3n) is 4.22. The van der Waals surface area contributed by atoms with Crippen molar-refractivity contribution in [3.63, 3.8) is 0 Å². The lowest BCUT2D eigenvalue weighted by Gasteiger charge is -2.25. The van der Waals surface area contributed by atoms with Crippen LogP contribution in [-0.2, 0) is 11.3 Å². The number of nitrogens with zero attached hydrogens (tertiary/aromatic N) is 2. The van der Waals surface area contributed by atoms with Gasteiger partial charge in [-0.1, -0.05) is 18.2 Å². The number of pyridine rings is 1. The summed E-state index contributed by atoms with van der Waals surface area (Å²) in [6, 6.07) is 9.48. The van der Waals surface area contributed by atoms with Gasteiger partial charge in [-0.25, -0.2) is 0 Å². The van der Waals surface area contributed by atoms with Gasteiger partial charge in [-0.15, -0.1) is 0 Å². The molecule has 1 aromatic heterocycles. The van der Waals surface area contributed by atoms with E-state index in [-0.39, 0.29) is 5.91 Å². The highest BCUT2D eigenvalue weighted by Gasteiger charge is 2.42. The maximum Gasteiger partial charge on any atom is 0.262 e. The first-order valence-corrected chi connectivity index (χ1v) is 9.65. The van der Waals surface area contributed by atoms with Gasteiger partial charge in [-0.05, 0) is 42.2 Å². The van der Waals surface area contributed by atoms with Gasteiger partial charge in [0.1, 0.15) is 6.04 Å². The molecule has 3 amide bonds. The largest absolute Gasteiger partial charge is 0.350 e. The lowest BCUT2D eigenvalue weighted by Crippen LogP contribution is -2.49. The molecule has 0 spiro atoms. The number of aromatic nitrogens is 1. The van der Waals surface area contributed by atoms with Crippen molar-refractivity contribution >= 4 is 29.5 Å². The Labute approximate surface area is 156 Å². The topological polar surface area (TPSA) is 79.4 Å². The molecule has 1 unspecified atom stereocenters. The summed E-state index contributed by atoms with van der Waals surface area (Å²) in [7, 11) is 0. The number of carbonyl (C=O) groups excluding carboxylic acids is 3. The van der Waals surface area contributed by atoms with Gasteiger partial charge in [0.2, 0.25) is 5.91 Å². The van der Waals surface area contributed by atoms with E-state index in [2.05, 4.69) is 10.3 Å². The number of amides is 3. The molecule has 0 aliphatic carbocycles. The minimum absolute atomic E-state index is 0.297. The number of nitrogens with one attached hydrogen (secondary N) is 1.